The van der Waals surface area contributed by atoms with Gasteiger partial charge in [0.15, 0.2) is 11.5 Å². The number of hydrogen-bond acceptors (Lipinski definition) is 5. The second-order valence-electron chi connectivity index (χ2n) is 5.62. The Morgan fingerprint density at radius 1 is 1.55 bits per heavy atom. The van der Waals surface area contributed by atoms with Gasteiger partial charge in [0.1, 0.15) is 5.54 Å². The van der Waals surface area contributed by atoms with Crippen LogP contribution < -0.4 is 15.4 Å². The molecular weight excluding hydrogens is 260 g/mol. The van der Waals surface area contributed by atoms with Crippen LogP contribution in [0.5, 0.6) is 11.5 Å². The first-order valence-corrected chi connectivity index (χ1v) is 6.66. The fraction of sp³-hybridized carbons (Fsp3) is 0.500. The third-order valence-electron chi connectivity index (χ3n) is 4.22. The van der Waals surface area contributed by atoms with Gasteiger partial charge < -0.3 is 25.6 Å². The van der Waals surface area contributed by atoms with Crippen molar-refractivity contribution in [1.29, 1.82) is 0 Å². The van der Waals surface area contributed by atoms with Gasteiger partial charge >= 0.3 is 5.97 Å². The van der Waals surface area contributed by atoms with E-state index < -0.39 is 11.5 Å². The fourth-order valence-electron chi connectivity index (χ4n) is 3.07. The molecule has 2 aliphatic heterocycles. The molecule has 6 heteroatoms. The highest BCUT2D eigenvalue weighted by molar-refractivity contribution is 5.81. The molecule has 1 atom stereocenters. The van der Waals surface area contributed by atoms with Gasteiger partial charge in [0.05, 0.1) is 6.61 Å². The van der Waals surface area contributed by atoms with E-state index in [4.69, 9.17) is 10.5 Å². The number of nitrogens with zero attached hydrogens (tertiary/aromatic N) is 1. The Morgan fingerprint density at radius 2 is 2.30 bits per heavy atom. The summed E-state index contributed by atoms with van der Waals surface area (Å²) in [7, 11) is 1.95. The van der Waals surface area contributed by atoms with E-state index in [1.54, 1.807) is 6.07 Å². The summed E-state index contributed by atoms with van der Waals surface area (Å²) < 4.78 is 5.58. The summed E-state index contributed by atoms with van der Waals surface area (Å²) in [6.45, 7) is 1.03. The van der Waals surface area contributed by atoms with Crippen molar-refractivity contribution >= 4 is 11.7 Å². The predicted octanol–water partition coefficient (Wildman–Crippen LogP) is 0.492. The number of phenols is 1. The average molecular weight is 278 g/mol. The fourth-order valence-corrected chi connectivity index (χ4v) is 3.07. The SMILES string of the molecule is CN1CCc2cc(O)c3c(c21)CC(N)(C(=O)O)CCO3. The number of likely N-dealkylation sites (N-methyl/N-ethyl adjacent to an activating group) is 1. The van der Waals surface area contributed by atoms with Gasteiger partial charge in [-0.1, -0.05) is 0 Å². The van der Waals surface area contributed by atoms with Crippen LogP contribution in [0, 0.1) is 0 Å². The van der Waals surface area contributed by atoms with E-state index in [9.17, 15) is 15.0 Å². The van der Waals surface area contributed by atoms with Gasteiger partial charge in [-0.15, -0.1) is 0 Å². The van der Waals surface area contributed by atoms with E-state index in [-0.39, 0.29) is 25.2 Å². The summed E-state index contributed by atoms with van der Waals surface area (Å²) in [5.74, 6) is -0.582. The lowest BCUT2D eigenvalue weighted by Crippen LogP contribution is -2.50. The maximum Gasteiger partial charge on any atom is 0.324 e. The van der Waals surface area contributed by atoms with Gasteiger partial charge in [-0.3, -0.25) is 4.79 Å². The molecule has 1 aromatic carbocycles. The smallest absolute Gasteiger partial charge is 0.324 e. The number of phenolic OH excluding ortho intramolecular Hbond substituents is 1. The highest BCUT2D eigenvalue weighted by atomic mass is 16.5. The third kappa shape index (κ3) is 1.79. The molecule has 6 nitrogen and oxygen atoms in total. The number of carbonyl (C=O) groups is 1. The molecule has 0 aromatic heterocycles. The number of hydrogen-bond donors (Lipinski definition) is 3. The van der Waals surface area contributed by atoms with Crippen LogP contribution in [0.1, 0.15) is 17.5 Å². The zero-order chi connectivity index (χ0) is 14.5. The van der Waals surface area contributed by atoms with Crippen LogP contribution in [0.2, 0.25) is 0 Å². The molecule has 0 fully saturated rings. The summed E-state index contributed by atoms with van der Waals surface area (Å²) >= 11 is 0. The Hall–Kier alpha value is -1.95. The summed E-state index contributed by atoms with van der Waals surface area (Å²) in [5.41, 5.74) is 7.36. The maximum absolute atomic E-state index is 11.4. The second-order valence-corrected chi connectivity index (χ2v) is 5.62. The number of ether oxygens (including phenoxy) is 1. The Labute approximate surface area is 116 Å². The molecule has 0 radical (unpaired) electrons. The highest BCUT2D eigenvalue weighted by Crippen LogP contribution is 2.45. The normalized spacial score (nSPS) is 24.6. The molecule has 2 aliphatic rings. The van der Waals surface area contributed by atoms with Crippen LogP contribution in [-0.4, -0.2) is 41.9 Å². The molecule has 20 heavy (non-hydrogen) atoms. The van der Waals surface area contributed by atoms with Crippen molar-refractivity contribution in [3.8, 4) is 11.5 Å². The third-order valence-corrected chi connectivity index (χ3v) is 4.22. The molecule has 108 valence electrons. The molecule has 4 N–H and O–H groups in total. The Kier molecular flexibility index (Phi) is 2.79. The van der Waals surface area contributed by atoms with Crippen molar-refractivity contribution in [1.82, 2.24) is 0 Å². The van der Waals surface area contributed by atoms with Crippen LogP contribution in [0.4, 0.5) is 5.69 Å². The van der Waals surface area contributed by atoms with Crippen molar-refractivity contribution in [2.24, 2.45) is 5.73 Å². The van der Waals surface area contributed by atoms with E-state index in [1.165, 1.54) is 0 Å². The van der Waals surface area contributed by atoms with Crippen molar-refractivity contribution in [3.63, 3.8) is 0 Å². The van der Waals surface area contributed by atoms with Crippen molar-refractivity contribution in [2.75, 3.05) is 25.1 Å². The number of anilines is 1. The molecule has 3 rings (SSSR count). The lowest BCUT2D eigenvalue weighted by atomic mass is 9.87. The first-order chi connectivity index (χ1) is 9.42. The molecule has 1 aromatic rings. The van der Waals surface area contributed by atoms with Crippen molar-refractivity contribution in [3.05, 3.63) is 17.2 Å². The lowest BCUT2D eigenvalue weighted by molar-refractivity contribution is -0.143. The Balaban J connectivity index is 2.17. The molecule has 2 heterocycles. The summed E-state index contributed by atoms with van der Waals surface area (Å²) in [6.07, 6.45) is 1.21. The van der Waals surface area contributed by atoms with Gasteiger partial charge in [-0.05, 0) is 18.1 Å². The summed E-state index contributed by atoms with van der Waals surface area (Å²) in [5, 5.41) is 19.5. The zero-order valence-electron chi connectivity index (χ0n) is 11.3. The topological polar surface area (TPSA) is 96.0 Å². The number of nitrogens with two attached hydrogens (primary N) is 1. The van der Waals surface area contributed by atoms with Crippen molar-refractivity contribution in [2.45, 2.75) is 24.8 Å². The lowest BCUT2D eigenvalue weighted by Gasteiger charge is -2.24. The Morgan fingerprint density at radius 3 is 3.00 bits per heavy atom. The van der Waals surface area contributed by atoms with Crippen LogP contribution in [0.25, 0.3) is 0 Å². The number of aromatic hydroxyl groups is 1. The van der Waals surface area contributed by atoms with Gasteiger partial charge in [0.25, 0.3) is 0 Å². The summed E-state index contributed by atoms with van der Waals surface area (Å²) in [4.78, 5) is 13.5. The van der Waals surface area contributed by atoms with E-state index in [1.807, 2.05) is 7.05 Å². The first-order valence-electron chi connectivity index (χ1n) is 6.66. The predicted molar refractivity (Wildman–Crippen MR) is 73.5 cm³/mol. The highest BCUT2D eigenvalue weighted by Gasteiger charge is 2.40. The molecule has 0 bridgehead atoms. The molecule has 0 spiro atoms. The zero-order valence-corrected chi connectivity index (χ0v) is 11.3. The largest absolute Gasteiger partial charge is 0.504 e. The number of benzene rings is 1. The molecule has 0 saturated carbocycles. The minimum absolute atomic E-state index is 0.0729. The monoisotopic (exact) mass is 278 g/mol. The quantitative estimate of drug-likeness (QED) is 0.692. The van der Waals surface area contributed by atoms with E-state index in [0.29, 0.717) is 11.3 Å². The number of fused-ring (bicyclic) bond motifs is 3. The van der Waals surface area contributed by atoms with E-state index in [0.717, 1.165) is 24.2 Å². The second kappa shape index (κ2) is 4.28. The van der Waals surface area contributed by atoms with E-state index >= 15 is 0 Å². The van der Waals surface area contributed by atoms with Gasteiger partial charge in [0, 0.05) is 37.7 Å². The number of aliphatic carboxylic acids is 1. The molecule has 0 saturated heterocycles. The van der Waals surface area contributed by atoms with Crippen LogP contribution in [-0.2, 0) is 17.6 Å². The first kappa shape index (κ1) is 13.1. The van der Waals surface area contributed by atoms with Gasteiger partial charge in [-0.2, -0.15) is 0 Å². The minimum atomic E-state index is -1.35. The number of rotatable bonds is 1. The molecule has 1 unspecified atom stereocenters. The minimum Gasteiger partial charge on any atom is -0.504 e. The van der Waals surface area contributed by atoms with E-state index in [2.05, 4.69) is 4.90 Å². The standard InChI is InChI=1S/C14H18N2O4/c1-16-4-2-8-6-10(17)12-9(11(8)16)7-14(15,13(18)19)3-5-20-12/h6,17H,2-5,7,15H2,1H3,(H,18,19). The molecular formula is C14H18N2O4. The van der Waals surface area contributed by atoms with Crippen LogP contribution >= 0.6 is 0 Å². The van der Waals surface area contributed by atoms with Crippen LogP contribution in [0.15, 0.2) is 6.07 Å². The average Bonchev–Trinajstić information content (AvgIpc) is 2.63. The van der Waals surface area contributed by atoms with Crippen LogP contribution in [0.3, 0.4) is 0 Å². The van der Waals surface area contributed by atoms with Crippen molar-refractivity contribution < 1.29 is 19.7 Å². The number of carboxylic acids is 1. The van der Waals surface area contributed by atoms with Gasteiger partial charge in [-0.25, -0.2) is 0 Å². The summed E-state index contributed by atoms with van der Waals surface area (Å²) in [6, 6.07) is 1.71. The molecule has 0 aliphatic carbocycles. The Bertz CT molecular complexity index is 587. The number of carboxylic acid groups (broad SMARTS) is 1. The van der Waals surface area contributed by atoms with Gasteiger partial charge in [0.2, 0.25) is 0 Å². The molecule has 0 amide bonds. The maximum atomic E-state index is 11.4.